The molecular weight excluding hydrogens is 248 g/mol. The van der Waals surface area contributed by atoms with Gasteiger partial charge in [-0.2, -0.15) is 0 Å². The highest BCUT2D eigenvalue weighted by molar-refractivity contribution is 5.89. The number of carboxylic acid groups (broad SMARTS) is 1. The number of hydrogen-bond donors (Lipinski definition) is 5. The summed E-state index contributed by atoms with van der Waals surface area (Å²) in [6.45, 7) is -2.05. The number of aliphatic carboxylic acids is 1. The summed E-state index contributed by atoms with van der Waals surface area (Å²) >= 11 is 0. The second kappa shape index (κ2) is 7.06. The zero-order valence-electron chi connectivity index (χ0n) is 9.33. The minimum atomic E-state index is -1.55. The van der Waals surface area contributed by atoms with E-state index in [2.05, 4.69) is 0 Å². The van der Waals surface area contributed by atoms with E-state index < -0.39 is 49.6 Å². The van der Waals surface area contributed by atoms with E-state index in [1.807, 2.05) is 5.32 Å². The zero-order valence-corrected chi connectivity index (χ0v) is 9.33. The third-order valence-corrected chi connectivity index (χ3v) is 1.76. The maximum Gasteiger partial charge on any atom is 0.328 e. The number of urea groups is 1. The minimum absolute atomic E-state index is 0.605. The number of aliphatic hydroxyl groups is 1. The quantitative estimate of drug-likeness (QED) is 0.316. The first-order chi connectivity index (χ1) is 8.27. The molecule has 0 heterocycles. The number of rotatable bonds is 7. The zero-order chi connectivity index (χ0) is 14.3. The Morgan fingerprint density at radius 1 is 1.11 bits per heavy atom. The number of amides is 4. The van der Waals surface area contributed by atoms with Crippen molar-refractivity contribution in [1.82, 2.24) is 10.2 Å². The predicted molar refractivity (Wildman–Crippen MR) is 57.0 cm³/mol. The summed E-state index contributed by atoms with van der Waals surface area (Å²) in [4.78, 5) is 44.0. The number of primary amides is 2. The maximum atomic E-state index is 11.5. The van der Waals surface area contributed by atoms with Crippen LogP contribution in [0.3, 0.4) is 0 Å². The van der Waals surface area contributed by atoms with Crippen LogP contribution in [-0.2, 0) is 14.4 Å². The van der Waals surface area contributed by atoms with E-state index in [4.69, 9.17) is 21.7 Å². The van der Waals surface area contributed by atoms with E-state index in [0.29, 0.717) is 4.90 Å². The number of carboxylic acids is 1. The lowest BCUT2D eigenvalue weighted by Gasteiger charge is -2.22. The van der Waals surface area contributed by atoms with Gasteiger partial charge in [-0.25, -0.2) is 9.59 Å². The topological polar surface area (TPSA) is 176 Å². The molecule has 0 saturated carbocycles. The summed E-state index contributed by atoms with van der Waals surface area (Å²) in [6.07, 6.45) is 0. The molecule has 10 heteroatoms. The van der Waals surface area contributed by atoms with E-state index in [1.54, 1.807) is 0 Å². The summed E-state index contributed by atoms with van der Waals surface area (Å²) in [7, 11) is 0. The van der Waals surface area contributed by atoms with Crippen LogP contribution in [0.4, 0.5) is 4.79 Å². The highest BCUT2D eigenvalue weighted by atomic mass is 16.4. The van der Waals surface area contributed by atoms with Crippen LogP contribution in [0.2, 0.25) is 0 Å². The van der Waals surface area contributed by atoms with Gasteiger partial charge in [-0.3, -0.25) is 9.59 Å². The van der Waals surface area contributed by atoms with Crippen molar-refractivity contribution in [2.24, 2.45) is 11.5 Å². The van der Waals surface area contributed by atoms with Crippen molar-refractivity contribution >= 4 is 23.8 Å². The highest BCUT2D eigenvalue weighted by Gasteiger charge is 2.24. The van der Waals surface area contributed by atoms with E-state index in [1.165, 1.54) is 0 Å². The fourth-order valence-electron chi connectivity index (χ4n) is 1.00. The molecule has 102 valence electrons. The SMILES string of the molecule is NC(=O)CN(CC(N)=O)C(=O)N[C@H](CO)C(=O)O. The second-order valence-electron chi connectivity index (χ2n) is 3.31. The molecule has 0 unspecified atom stereocenters. The number of nitrogens with two attached hydrogens (primary N) is 2. The van der Waals surface area contributed by atoms with Crippen molar-refractivity contribution in [3.05, 3.63) is 0 Å². The monoisotopic (exact) mass is 262 g/mol. The number of aliphatic hydroxyl groups excluding tert-OH is 1. The first-order valence-corrected chi connectivity index (χ1v) is 4.73. The Morgan fingerprint density at radius 2 is 1.56 bits per heavy atom. The van der Waals surface area contributed by atoms with Crippen molar-refractivity contribution in [3.8, 4) is 0 Å². The molecule has 0 rings (SSSR count). The van der Waals surface area contributed by atoms with Gasteiger partial charge in [0.05, 0.1) is 6.61 Å². The Morgan fingerprint density at radius 3 is 1.83 bits per heavy atom. The molecule has 0 aromatic carbocycles. The van der Waals surface area contributed by atoms with Crippen molar-refractivity contribution in [1.29, 1.82) is 0 Å². The molecule has 0 radical (unpaired) electrons. The molecule has 0 aromatic rings. The Labute approximate surface area is 102 Å². The molecule has 0 spiro atoms. The normalized spacial score (nSPS) is 11.4. The standard InChI is InChI=1S/C8H14N4O6/c9-5(14)1-12(2-6(10)15)8(18)11-4(3-13)7(16)17/h4,13H,1-3H2,(H2,9,14)(H2,10,15)(H,11,18)(H,16,17)/t4-/m1/s1. The minimum Gasteiger partial charge on any atom is -0.480 e. The van der Waals surface area contributed by atoms with Gasteiger partial charge < -0.3 is 31.9 Å². The summed E-state index contributed by atoms with van der Waals surface area (Å²) < 4.78 is 0. The molecule has 4 amide bonds. The number of hydrogen-bond acceptors (Lipinski definition) is 5. The van der Waals surface area contributed by atoms with Gasteiger partial charge >= 0.3 is 12.0 Å². The average Bonchev–Trinajstić information content (AvgIpc) is 2.22. The Kier molecular flexibility index (Phi) is 6.14. The molecule has 18 heavy (non-hydrogen) atoms. The van der Waals surface area contributed by atoms with Crippen LogP contribution in [-0.4, -0.2) is 64.7 Å². The lowest BCUT2D eigenvalue weighted by molar-refractivity contribution is -0.140. The number of nitrogens with zero attached hydrogens (tertiary/aromatic N) is 1. The molecule has 0 aliphatic rings. The smallest absolute Gasteiger partial charge is 0.328 e. The molecule has 10 nitrogen and oxygen atoms in total. The first kappa shape index (κ1) is 15.6. The number of carbonyl (C=O) groups excluding carboxylic acids is 3. The molecule has 0 fully saturated rings. The largest absolute Gasteiger partial charge is 0.480 e. The number of nitrogens with one attached hydrogen (secondary N) is 1. The summed E-state index contributed by atoms with van der Waals surface area (Å²) in [5.74, 6) is -3.27. The van der Waals surface area contributed by atoms with Gasteiger partial charge in [0.1, 0.15) is 13.1 Å². The molecule has 0 bridgehead atoms. The number of carbonyl (C=O) groups is 4. The molecule has 0 aromatic heterocycles. The Balaban J connectivity index is 4.68. The van der Waals surface area contributed by atoms with Crippen molar-refractivity contribution in [2.45, 2.75) is 6.04 Å². The fraction of sp³-hybridized carbons (Fsp3) is 0.500. The van der Waals surface area contributed by atoms with E-state index in [-0.39, 0.29) is 0 Å². The molecule has 0 aliphatic carbocycles. The van der Waals surface area contributed by atoms with Crippen LogP contribution in [0.25, 0.3) is 0 Å². The average molecular weight is 262 g/mol. The van der Waals surface area contributed by atoms with Gasteiger partial charge in [0.25, 0.3) is 0 Å². The Hall–Kier alpha value is -2.36. The van der Waals surface area contributed by atoms with Crippen molar-refractivity contribution in [2.75, 3.05) is 19.7 Å². The molecule has 7 N–H and O–H groups in total. The van der Waals surface area contributed by atoms with Crippen molar-refractivity contribution in [3.63, 3.8) is 0 Å². The van der Waals surface area contributed by atoms with Crippen LogP contribution in [0.15, 0.2) is 0 Å². The molecule has 0 aliphatic heterocycles. The third kappa shape index (κ3) is 5.65. The van der Waals surface area contributed by atoms with Crippen molar-refractivity contribution < 1.29 is 29.4 Å². The lowest BCUT2D eigenvalue weighted by atomic mass is 10.3. The predicted octanol–water partition coefficient (Wildman–Crippen LogP) is -3.59. The third-order valence-electron chi connectivity index (χ3n) is 1.76. The van der Waals surface area contributed by atoms with Gasteiger partial charge in [0, 0.05) is 0 Å². The molecular formula is C8H14N4O6. The van der Waals surface area contributed by atoms with Gasteiger partial charge in [-0.05, 0) is 0 Å². The molecule has 0 saturated heterocycles. The lowest BCUT2D eigenvalue weighted by Crippen LogP contribution is -2.53. The summed E-state index contributed by atoms with van der Waals surface area (Å²) in [6, 6.07) is -2.60. The molecule has 1 atom stereocenters. The second-order valence-corrected chi connectivity index (χ2v) is 3.31. The van der Waals surface area contributed by atoms with E-state index in [0.717, 1.165) is 0 Å². The maximum absolute atomic E-state index is 11.5. The van der Waals surface area contributed by atoms with Crippen LogP contribution in [0.5, 0.6) is 0 Å². The fourth-order valence-corrected chi connectivity index (χ4v) is 1.00. The summed E-state index contributed by atoms with van der Waals surface area (Å²) in [5, 5.41) is 19.2. The first-order valence-electron chi connectivity index (χ1n) is 4.73. The van der Waals surface area contributed by atoms with Crippen LogP contribution >= 0.6 is 0 Å². The Bertz CT molecular complexity index is 341. The van der Waals surface area contributed by atoms with Gasteiger partial charge in [0.15, 0.2) is 6.04 Å². The highest BCUT2D eigenvalue weighted by Crippen LogP contribution is 1.92. The van der Waals surface area contributed by atoms with Gasteiger partial charge in [0.2, 0.25) is 11.8 Å². The van der Waals surface area contributed by atoms with Crippen LogP contribution < -0.4 is 16.8 Å². The van der Waals surface area contributed by atoms with E-state index >= 15 is 0 Å². The van der Waals surface area contributed by atoms with Crippen LogP contribution in [0.1, 0.15) is 0 Å². The van der Waals surface area contributed by atoms with Gasteiger partial charge in [-0.15, -0.1) is 0 Å². The van der Waals surface area contributed by atoms with Gasteiger partial charge in [-0.1, -0.05) is 0 Å². The summed E-state index contributed by atoms with van der Waals surface area (Å²) in [5.41, 5.74) is 9.70. The van der Waals surface area contributed by atoms with Crippen LogP contribution in [0, 0.1) is 0 Å². The van der Waals surface area contributed by atoms with E-state index in [9.17, 15) is 19.2 Å².